The van der Waals surface area contributed by atoms with Crippen molar-refractivity contribution in [3.63, 3.8) is 0 Å². The van der Waals surface area contributed by atoms with Crippen LogP contribution in [-0.4, -0.2) is 56.7 Å². The van der Waals surface area contributed by atoms with Gasteiger partial charge < -0.3 is 25.0 Å². The Morgan fingerprint density at radius 1 is 0.963 bits per heavy atom. The molecule has 142 valence electrons. The number of benzene rings is 2. The van der Waals surface area contributed by atoms with Crippen molar-refractivity contribution in [1.29, 1.82) is 0 Å². The summed E-state index contributed by atoms with van der Waals surface area (Å²) >= 11 is 0. The van der Waals surface area contributed by atoms with Crippen LogP contribution in [0.3, 0.4) is 0 Å². The summed E-state index contributed by atoms with van der Waals surface area (Å²) in [4.78, 5) is 28.2. The van der Waals surface area contributed by atoms with Gasteiger partial charge in [0.25, 0.3) is 5.91 Å². The molecule has 0 saturated carbocycles. The lowest BCUT2D eigenvalue weighted by atomic mass is 10.2. The van der Waals surface area contributed by atoms with E-state index in [-0.39, 0.29) is 12.5 Å². The molecule has 7 nitrogen and oxygen atoms in total. The Kier molecular flexibility index (Phi) is 5.80. The summed E-state index contributed by atoms with van der Waals surface area (Å²) < 4.78 is 10.3. The van der Waals surface area contributed by atoms with Crippen LogP contribution in [0.5, 0.6) is 5.75 Å². The summed E-state index contributed by atoms with van der Waals surface area (Å²) in [5, 5.41) is 0. The van der Waals surface area contributed by atoms with Crippen LogP contribution in [0.25, 0.3) is 0 Å². The molecule has 0 unspecified atom stereocenters. The van der Waals surface area contributed by atoms with Crippen molar-refractivity contribution in [2.75, 3.05) is 50.5 Å². The first-order valence-electron chi connectivity index (χ1n) is 8.76. The standard InChI is InChI=1S/C20H23N3O4/c1-26-18-8-6-17(7-9-18)22-10-12-23(13-11-22)19(24)14-27-20(25)15-2-4-16(21)5-3-15/h2-9H,10-14,21H2,1H3. The second-order valence-electron chi connectivity index (χ2n) is 6.26. The molecule has 27 heavy (non-hydrogen) atoms. The van der Waals surface area contributed by atoms with Gasteiger partial charge in [-0.05, 0) is 48.5 Å². The summed E-state index contributed by atoms with van der Waals surface area (Å²) in [5.74, 6) is 0.101. The maximum atomic E-state index is 12.3. The van der Waals surface area contributed by atoms with E-state index in [0.29, 0.717) is 24.3 Å². The van der Waals surface area contributed by atoms with E-state index in [4.69, 9.17) is 15.2 Å². The first-order valence-corrected chi connectivity index (χ1v) is 8.76. The van der Waals surface area contributed by atoms with Crippen LogP contribution >= 0.6 is 0 Å². The fourth-order valence-electron chi connectivity index (χ4n) is 2.93. The average Bonchev–Trinajstić information content (AvgIpc) is 2.72. The van der Waals surface area contributed by atoms with Crippen LogP contribution in [0.2, 0.25) is 0 Å². The highest BCUT2D eigenvalue weighted by molar-refractivity contribution is 5.91. The Bertz CT molecular complexity index is 782. The fourth-order valence-corrected chi connectivity index (χ4v) is 2.93. The molecule has 3 rings (SSSR count). The maximum Gasteiger partial charge on any atom is 0.338 e. The second kappa shape index (κ2) is 8.44. The van der Waals surface area contributed by atoms with Crippen LogP contribution in [0, 0.1) is 0 Å². The Hall–Kier alpha value is -3.22. The van der Waals surface area contributed by atoms with Gasteiger partial charge in [0.1, 0.15) is 5.75 Å². The molecule has 0 spiro atoms. The molecule has 1 saturated heterocycles. The number of carbonyl (C=O) groups is 2. The monoisotopic (exact) mass is 369 g/mol. The zero-order valence-electron chi connectivity index (χ0n) is 15.3. The summed E-state index contributed by atoms with van der Waals surface area (Å²) in [6.45, 7) is 2.37. The number of esters is 1. The van der Waals surface area contributed by atoms with Gasteiger partial charge in [0.05, 0.1) is 12.7 Å². The molecule has 1 amide bonds. The number of hydrogen-bond acceptors (Lipinski definition) is 6. The highest BCUT2D eigenvalue weighted by Crippen LogP contribution is 2.20. The third kappa shape index (κ3) is 4.69. The van der Waals surface area contributed by atoms with Crippen molar-refractivity contribution in [1.82, 2.24) is 4.90 Å². The minimum atomic E-state index is -0.528. The molecule has 0 radical (unpaired) electrons. The molecule has 0 atom stereocenters. The molecule has 1 heterocycles. The lowest BCUT2D eigenvalue weighted by molar-refractivity contribution is -0.134. The quantitative estimate of drug-likeness (QED) is 0.639. The number of carbonyl (C=O) groups excluding carboxylic acids is 2. The lowest BCUT2D eigenvalue weighted by Gasteiger charge is -2.36. The van der Waals surface area contributed by atoms with Gasteiger partial charge >= 0.3 is 5.97 Å². The van der Waals surface area contributed by atoms with E-state index in [1.807, 2.05) is 24.3 Å². The van der Waals surface area contributed by atoms with Crippen molar-refractivity contribution in [3.05, 3.63) is 54.1 Å². The van der Waals surface area contributed by atoms with Crippen molar-refractivity contribution in [3.8, 4) is 5.75 Å². The van der Waals surface area contributed by atoms with Crippen LogP contribution in [0.4, 0.5) is 11.4 Å². The molecule has 0 bridgehead atoms. The minimum Gasteiger partial charge on any atom is -0.497 e. The first-order chi connectivity index (χ1) is 13.1. The van der Waals surface area contributed by atoms with Gasteiger partial charge in [-0.15, -0.1) is 0 Å². The molecule has 2 aromatic carbocycles. The number of nitrogens with zero attached hydrogens (tertiary/aromatic N) is 2. The number of hydrogen-bond donors (Lipinski definition) is 1. The number of anilines is 2. The number of rotatable bonds is 5. The third-order valence-electron chi connectivity index (χ3n) is 4.54. The largest absolute Gasteiger partial charge is 0.497 e. The van der Waals surface area contributed by atoms with Crippen molar-refractivity contribution < 1.29 is 19.1 Å². The van der Waals surface area contributed by atoms with Gasteiger partial charge in [0.15, 0.2) is 6.61 Å². The van der Waals surface area contributed by atoms with Crippen LogP contribution < -0.4 is 15.4 Å². The van der Waals surface area contributed by atoms with Gasteiger partial charge in [-0.25, -0.2) is 4.79 Å². The van der Waals surface area contributed by atoms with Crippen molar-refractivity contribution in [2.24, 2.45) is 0 Å². The molecule has 1 fully saturated rings. The Balaban J connectivity index is 1.46. The van der Waals surface area contributed by atoms with E-state index >= 15 is 0 Å². The van der Waals surface area contributed by atoms with Crippen molar-refractivity contribution >= 4 is 23.3 Å². The normalized spacial score (nSPS) is 14.0. The molecule has 1 aliphatic heterocycles. The van der Waals surface area contributed by atoms with E-state index in [0.717, 1.165) is 24.5 Å². The number of methoxy groups -OCH3 is 1. The highest BCUT2D eigenvalue weighted by Gasteiger charge is 2.22. The highest BCUT2D eigenvalue weighted by atomic mass is 16.5. The Morgan fingerprint density at radius 3 is 2.19 bits per heavy atom. The van der Waals surface area contributed by atoms with Gasteiger partial charge in [-0.3, -0.25) is 4.79 Å². The maximum absolute atomic E-state index is 12.3. The number of ether oxygens (including phenoxy) is 2. The van der Waals surface area contributed by atoms with E-state index in [1.54, 1.807) is 36.3 Å². The third-order valence-corrected chi connectivity index (χ3v) is 4.54. The number of piperazine rings is 1. The van der Waals surface area contributed by atoms with Gasteiger partial charge in [-0.1, -0.05) is 0 Å². The van der Waals surface area contributed by atoms with Crippen LogP contribution in [0.1, 0.15) is 10.4 Å². The zero-order chi connectivity index (χ0) is 19.2. The number of amides is 1. The average molecular weight is 369 g/mol. The summed E-state index contributed by atoms with van der Waals surface area (Å²) in [7, 11) is 1.64. The molecule has 0 aromatic heterocycles. The molecular weight excluding hydrogens is 346 g/mol. The van der Waals surface area contributed by atoms with Gasteiger partial charge in [0, 0.05) is 37.6 Å². The smallest absolute Gasteiger partial charge is 0.338 e. The first kappa shape index (κ1) is 18.6. The Labute approximate surface area is 158 Å². The van der Waals surface area contributed by atoms with E-state index in [1.165, 1.54) is 0 Å². The molecule has 7 heteroatoms. The van der Waals surface area contributed by atoms with Gasteiger partial charge in [0.2, 0.25) is 0 Å². The predicted molar refractivity (Wildman–Crippen MR) is 103 cm³/mol. The zero-order valence-corrected chi connectivity index (χ0v) is 15.3. The minimum absolute atomic E-state index is 0.187. The molecule has 2 N–H and O–H groups in total. The van der Waals surface area contributed by atoms with Crippen LogP contribution in [0.15, 0.2) is 48.5 Å². The van der Waals surface area contributed by atoms with Crippen molar-refractivity contribution in [2.45, 2.75) is 0 Å². The lowest BCUT2D eigenvalue weighted by Crippen LogP contribution is -2.49. The van der Waals surface area contributed by atoms with Gasteiger partial charge in [-0.2, -0.15) is 0 Å². The molecule has 0 aliphatic carbocycles. The van der Waals surface area contributed by atoms with Crippen LogP contribution in [-0.2, 0) is 9.53 Å². The fraction of sp³-hybridized carbons (Fsp3) is 0.300. The van der Waals surface area contributed by atoms with E-state index in [2.05, 4.69) is 4.90 Å². The summed E-state index contributed by atoms with van der Waals surface area (Å²) in [6.07, 6.45) is 0. The number of nitrogens with two attached hydrogens (primary N) is 1. The molecular formula is C20H23N3O4. The summed E-state index contributed by atoms with van der Waals surface area (Å²) in [5.41, 5.74) is 7.63. The molecule has 1 aliphatic rings. The van der Waals surface area contributed by atoms with E-state index < -0.39 is 5.97 Å². The Morgan fingerprint density at radius 2 is 1.59 bits per heavy atom. The molecule has 2 aromatic rings. The summed E-state index contributed by atoms with van der Waals surface area (Å²) in [6, 6.07) is 14.3. The second-order valence-corrected chi connectivity index (χ2v) is 6.26. The SMILES string of the molecule is COc1ccc(N2CCN(C(=O)COC(=O)c3ccc(N)cc3)CC2)cc1. The predicted octanol–water partition coefficient (Wildman–Crippen LogP) is 1.78. The number of nitrogen functional groups attached to an aromatic ring is 1. The van der Waals surface area contributed by atoms with E-state index in [9.17, 15) is 9.59 Å². The topological polar surface area (TPSA) is 85.1 Å².